The lowest BCUT2D eigenvalue weighted by molar-refractivity contribution is 1.09. The Morgan fingerprint density at radius 2 is 2.19 bits per heavy atom. The van der Waals surface area contributed by atoms with E-state index in [1.54, 1.807) is 16.8 Å². The summed E-state index contributed by atoms with van der Waals surface area (Å²) in [5.74, 6) is 0.690. The molecule has 0 fully saturated rings. The topological polar surface area (TPSA) is 63.1 Å². The molecular weight excluding hydrogens is 204 g/mol. The fourth-order valence-electron chi connectivity index (χ4n) is 1.59. The molecular formula is C11H8N4O. The molecule has 0 saturated heterocycles. The lowest BCUT2D eigenvalue weighted by Crippen LogP contribution is -1.99. The van der Waals surface area contributed by atoms with Gasteiger partial charge in [0.2, 0.25) is 0 Å². The minimum absolute atomic E-state index is 0.0452. The normalized spacial score (nSPS) is 10.8. The van der Waals surface area contributed by atoms with E-state index in [-0.39, 0.29) is 5.43 Å². The zero-order chi connectivity index (χ0) is 11.0. The molecule has 5 heteroatoms. The molecule has 0 amide bonds. The van der Waals surface area contributed by atoms with Crippen LogP contribution in [0.2, 0.25) is 0 Å². The van der Waals surface area contributed by atoms with Crippen molar-refractivity contribution >= 4 is 5.65 Å². The minimum Gasteiger partial charge on any atom is -0.290 e. The molecule has 0 aliphatic rings. The van der Waals surface area contributed by atoms with E-state index in [1.165, 1.54) is 12.1 Å². The van der Waals surface area contributed by atoms with Crippen LogP contribution >= 0.6 is 0 Å². The molecule has 3 aromatic heterocycles. The number of nitrogens with one attached hydrogen (secondary N) is 1. The van der Waals surface area contributed by atoms with Gasteiger partial charge in [-0.15, -0.1) is 0 Å². The number of hydrogen-bond acceptors (Lipinski definition) is 3. The highest BCUT2D eigenvalue weighted by Gasteiger charge is 2.06. The fraction of sp³-hybridized carbons (Fsp3) is 0. The summed E-state index contributed by atoms with van der Waals surface area (Å²) in [4.78, 5) is 15.4. The predicted octanol–water partition coefficient (Wildman–Crippen LogP) is 1.08. The third-order valence-electron chi connectivity index (χ3n) is 2.32. The second-order valence-electron chi connectivity index (χ2n) is 3.38. The van der Waals surface area contributed by atoms with Crippen molar-refractivity contribution in [3.63, 3.8) is 0 Å². The van der Waals surface area contributed by atoms with Crippen LogP contribution in [0.3, 0.4) is 0 Å². The average Bonchev–Trinajstić information content (AvgIpc) is 2.73. The molecule has 0 atom stereocenters. The molecule has 78 valence electrons. The molecule has 0 spiro atoms. The van der Waals surface area contributed by atoms with Gasteiger partial charge in [0.15, 0.2) is 11.3 Å². The van der Waals surface area contributed by atoms with Crippen molar-refractivity contribution in [2.75, 3.05) is 0 Å². The minimum atomic E-state index is -0.0452. The van der Waals surface area contributed by atoms with Gasteiger partial charge in [0.1, 0.15) is 11.3 Å². The van der Waals surface area contributed by atoms with E-state index in [0.29, 0.717) is 11.5 Å². The quantitative estimate of drug-likeness (QED) is 0.656. The number of nitrogens with zero attached hydrogens (tertiary/aromatic N) is 3. The molecule has 5 nitrogen and oxygen atoms in total. The van der Waals surface area contributed by atoms with E-state index in [1.807, 2.05) is 18.2 Å². The maximum absolute atomic E-state index is 11.2. The van der Waals surface area contributed by atoms with Crippen LogP contribution in [-0.2, 0) is 0 Å². The predicted molar refractivity (Wildman–Crippen MR) is 59.0 cm³/mol. The largest absolute Gasteiger partial charge is 0.290 e. The molecule has 3 aromatic rings. The Morgan fingerprint density at radius 1 is 1.25 bits per heavy atom. The summed E-state index contributed by atoms with van der Waals surface area (Å²) in [6.07, 6.45) is 3.39. The van der Waals surface area contributed by atoms with Crippen molar-refractivity contribution in [1.82, 2.24) is 19.6 Å². The number of fused-ring (bicyclic) bond motifs is 1. The van der Waals surface area contributed by atoms with Crippen molar-refractivity contribution < 1.29 is 0 Å². The van der Waals surface area contributed by atoms with Crippen molar-refractivity contribution in [1.29, 1.82) is 0 Å². The summed E-state index contributed by atoms with van der Waals surface area (Å²) in [6.45, 7) is 0. The summed E-state index contributed by atoms with van der Waals surface area (Å²) in [5.41, 5.74) is 1.38. The van der Waals surface area contributed by atoms with Crippen LogP contribution in [0.4, 0.5) is 0 Å². The van der Waals surface area contributed by atoms with Crippen LogP contribution in [-0.4, -0.2) is 19.6 Å². The number of aromatic amines is 1. The third kappa shape index (κ3) is 1.30. The Bertz CT molecular complexity index is 684. The SMILES string of the molecule is O=c1ccn2c(-c3ccccn3)n[nH]c2c1. The number of aromatic nitrogens is 4. The highest BCUT2D eigenvalue weighted by Crippen LogP contribution is 2.13. The van der Waals surface area contributed by atoms with Crippen LogP contribution in [0, 0.1) is 0 Å². The first-order valence-corrected chi connectivity index (χ1v) is 4.83. The standard InChI is InChI=1S/C11H8N4O/c16-8-4-6-15-10(7-8)13-14-11(15)9-3-1-2-5-12-9/h1-7,13H. The summed E-state index contributed by atoms with van der Waals surface area (Å²) in [7, 11) is 0. The summed E-state index contributed by atoms with van der Waals surface area (Å²) < 4.78 is 1.80. The molecule has 0 bridgehead atoms. The molecule has 1 N–H and O–H groups in total. The Morgan fingerprint density at radius 3 is 3.00 bits per heavy atom. The van der Waals surface area contributed by atoms with Gasteiger partial charge < -0.3 is 0 Å². The van der Waals surface area contributed by atoms with Crippen LogP contribution in [0.25, 0.3) is 17.2 Å². The molecule has 0 aliphatic heterocycles. The maximum Gasteiger partial charge on any atom is 0.184 e. The van der Waals surface area contributed by atoms with Gasteiger partial charge in [0, 0.05) is 24.5 Å². The lowest BCUT2D eigenvalue weighted by Gasteiger charge is -1.97. The Kier molecular flexibility index (Phi) is 1.83. The first kappa shape index (κ1) is 8.84. The lowest BCUT2D eigenvalue weighted by atomic mass is 10.3. The maximum atomic E-state index is 11.2. The molecule has 16 heavy (non-hydrogen) atoms. The van der Waals surface area contributed by atoms with Gasteiger partial charge in [0.05, 0.1) is 0 Å². The zero-order valence-electron chi connectivity index (χ0n) is 8.29. The molecule has 0 aromatic carbocycles. The number of pyridine rings is 2. The number of rotatable bonds is 1. The molecule has 0 unspecified atom stereocenters. The van der Waals surface area contributed by atoms with E-state index in [0.717, 1.165) is 5.69 Å². The van der Waals surface area contributed by atoms with Crippen molar-refractivity contribution in [3.05, 3.63) is 52.9 Å². The zero-order valence-corrected chi connectivity index (χ0v) is 8.29. The van der Waals surface area contributed by atoms with E-state index >= 15 is 0 Å². The van der Waals surface area contributed by atoms with E-state index < -0.39 is 0 Å². The average molecular weight is 212 g/mol. The number of H-pyrrole nitrogens is 1. The van der Waals surface area contributed by atoms with Crippen LogP contribution in [0.5, 0.6) is 0 Å². The third-order valence-corrected chi connectivity index (χ3v) is 2.32. The van der Waals surface area contributed by atoms with E-state index in [9.17, 15) is 4.79 Å². The fourth-order valence-corrected chi connectivity index (χ4v) is 1.59. The second kappa shape index (κ2) is 3.30. The Balaban J connectivity index is 2.30. The van der Waals surface area contributed by atoms with Crippen LogP contribution in [0.1, 0.15) is 0 Å². The van der Waals surface area contributed by atoms with Gasteiger partial charge in [-0.1, -0.05) is 6.07 Å². The summed E-state index contributed by atoms with van der Waals surface area (Å²) in [6, 6.07) is 8.60. The van der Waals surface area contributed by atoms with Gasteiger partial charge in [-0.05, 0) is 12.1 Å². The van der Waals surface area contributed by atoms with Crippen molar-refractivity contribution in [2.24, 2.45) is 0 Å². The first-order valence-electron chi connectivity index (χ1n) is 4.83. The van der Waals surface area contributed by atoms with Crippen LogP contribution in [0.15, 0.2) is 47.5 Å². The van der Waals surface area contributed by atoms with Crippen LogP contribution < -0.4 is 5.43 Å². The highest BCUT2D eigenvalue weighted by atomic mass is 16.1. The van der Waals surface area contributed by atoms with Crippen molar-refractivity contribution in [3.8, 4) is 11.5 Å². The molecule has 0 saturated carbocycles. The van der Waals surface area contributed by atoms with Gasteiger partial charge >= 0.3 is 0 Å². The molecule has 0 radical (unpaired) electrons. The smallest absolute Gasteiger partial charge is 0.184 e. The first-order chi connectivity index (χ1) is 7.84. The van der Waals surface area contributed by atoms with Gasteiger partial charge in [0.25, 0.3) is 0 Å². The summed E-state index contributed by atoms with van der Waals surface area (Å²) in [5, 5.41) is 6.94. The van der Waals surface area contributed by atoms with Gasteiger partial charge in [-0.2, -0.15) is 5.10 Å². The molecule has 3 rings (SSSR count). The Hall–Kier alpha value is -2.43. The monoisotopic (exact) mass is 212 g/mol. The molecule has 0 aliphatic carbocycles. The van der Waals surface area contributed by atoms with E-state index in [2.05, 4.69) is 15.2 Å². The summed E-state index contributed by atoms with van der Waals surface area (Å²) >= 11 is 0. The highest BCUT2D eigenvalue weighted by molar-refractivity contribution is 5.54. The van der Waals surface area contributed by atoms with Crippen molar-refractivity contribution in [2.45, 2.75) is 0 Å². The Labute approximate surface area is 90.4 Å². The van der Waals surface area contributed by atoms with Gasteiger partial charge in [-0.3, -0.25) is 19.3 Å². The van der Waals surface area contributed by atoms with Gasteiger partial charge in [-0.25, -0.2) is 0 Å². The second-order valence-corrected chi connectivity index (χ2v) is 3.38. The van der Waals surface area contributed by atoms with E-state index in [4.69, 9.17) is 0 Å². The number of hydrogen-bond donors (Lipinski definition) is 1. The molecule has 3 heterocycles.